The second kappa shape index (κ2) is 6.60. The van der Waals surface area contributed by atoms with Gasteiger partial charge >= 0.3 is 0 Å². The van der Waals surface area contributed by atoms with E-state index in [2.05, 4.69) is 106 Å². The number of rotatable bonds is 2. The Morgan fingerprint density at radius 1 is 0.719 bits per heavy atom. The summed E-state index contributed by atoms with van der Waals surface area (Å²) in [5.41, 5.74) is 5.94. The Bertz CT molecular complexity index is 1630. The number of benzene rings is 2. The minimum Gasteiger partial charge on any atom is -0.294 e. The fourth-order valence-electron chi connectivity index (χ4n) is 5.12. The molecule has 0 spiro atoms. The van der Waals surface area contributed by atoms with Crippen LogP contribution in [0, 0.1) is 12.1 Å². The molecule has 0 unspecified atom stereocenters. The molecular formula is C29H19N3. The van der Waals surface area contributed by atoms with Crippen LogP contribution >= 0.6 is 0 Å². The molecule has 1 aliphatic carbocycles. The number of para-hydroxylation sites is 2. The molecule has 3 aromatic heterocycles. The Morgan fingerprint density at radius 2 is 1.44 bits per heavy atom. The molecule has 0 saturated carbocycles. The molecule has 3 heteroatoms. The van der Waals surface area contributed by atoms with Crippen LogP contribution in [-0.2, 0) is 6.42 Å². The SMILES string of the molecule is c1ccc2c3c(n(-c4cccc(-n5c6ccccc6c6ccccc65)n4)c2c#1)C=CCC3. The molecule has 1 aliphatic rings. The third-order valence-electron chi connectivity index (χ3n) is 6.47. The van der Waals surface area contributed by atoms with Gasteiger partial charge in [-0.1, -0.05) is 54.6 Å². The average molecular weight is 409 g/mol. The van der Waals surface area contributed by atoms with Crippen LogP contribution in [0.15, 0.2) is 84.9 Å². The molecule has 3 aromatic carbocycles. The monoisotopic (exact) mass is 409 g/mol. The van der Waals surface area contributed by atoms with Crippen LogP contribution in [-0.4, -0.2) is 14.1 Å². The van der Waals surface area contributed by atoms with E-state index in [1.54, 1.807) is 0 Å². The molecule has 0 saturated heterocycles. The summed E-state index contributed by atoms with van der Waals surface area (Å²) in [5, 5.41) is 3.72. The predicted molar refractivity (Wildman–Crippen MR) is 130 cm³/mol. The highest BCUT2D eigenvalue weighted by molar-refractivity contribution is 6.09. The fourth-order valence-corrected chi connectivity index (χ4v) is 5.12. The van der Waals surface area contributed by atoms with Crippen molar-refractivity contribution >= 4 is 38.8 Å². The normalized spacial score (nSPS) is 13.0. The molecule has 0 radical (unpaired) electrons. The summed E-state index contributed by atoms with van der Waals surface area (Å²) >= 11 is 0. The van der Waals surface area contributed by atoms with E-state index in [-0.39, 0.29) is 0 Å². The van der Waals surface area contributed by atoms with Gasteiger partial charge in [0.25, 0.3) is 0 Å². The molecule has 0 fully saturated rings. The molecule has 0 atom stereocenters. The molecule has 3 heterocycles. The maximum absolute atomic E-state index is 5.17. The molecule has 6 aromatic rings. The number of nitrogens with zero attached hydrogens (tertiary/aromatic N) is 3. The number of fused-ring (bicyclic) bond motifs is 6. The Labute approximate surface area is 185 Å². The summed E-state index contributed by atoms with van der Waals surface area (Å²) in [6.45, 7) is 0. The van der Waals surface area contributed by atoms with Crippen molar-refractivity contribution in [2.24, 2.45) is 0 Å². The number of pyridine rings is 1. The lowest BCUT2D eigenvalue weighted by atomic mass is 10.0. The summed E-state index contributed by atoms with van der Waals surface area (Å²) in [6, 6.07) is 33.9. The second-order valence-electron chi connectivity index (χ2n) is 8.23. The zero-order valence-corrected chi connectivity index (χ0v) is 17.4. The molecule has 150 valence electrons. The maximum atomic E-state index is 5.17. The van der Waals surface area contributed by atoms with Crippen molar-refractivity contribution in [1.29, 1.82) is 0 Å². The molecule has 0 bridgehead atoms. The summed E-state index contributed by atoms with van der Waals surface area (Å²) in [5.74, 6) is 1.81. The van der Waals surface area contributed by atoms with Crippen LogP contribution < -0.4 is 0 Å². The van der Waals surface area contributed by atoms with Crippen LogP contribution in [0.2, 0.25) is 0 Å². The number of hydrogen-bond donors (Lipinski definition) is 0. The first-order valence-corrected chi connectivity index (χ1v) is 11.0. The number of aromatic nitrogens is 3. The maximum Gasteiger partial charge on any atom is 0.140 e. The van der Waals surface area contributed by atoms with Crippen molar-refractivity contribution in [3.05, 3.63) is 108 Å². The van der Waals surface area contributed by atoms with Gasteiger partial charge in [-0.2, -0.15) is 0 Å². The van der Waals surface area contributed by atoms with Crippen molar-refractivity contribution < 1.29 is 0 Å². The molecule has 7 rings (SSSR count). The minimum absolute atomic E-state index is 0.901. The summed E-state index contributed by atoms with van der Waals surface area (Å²) < 4.78 is 4.49. The molecule has 0 aliphatic heterocycles. The number of aryl methyl sites for hydroxylation is 1. The van der Waals surface area contributed by atoms with Gasteiger partial charge in [0.1, 0.15) is 17.2 Å². The lowest BCUT2D eigenvalue weighted by molar-refractivity contribution is 0.941. The van der Waals surface area contributed by atoms with Gasteiger partial charge < -0.3 is 0 Å². The van der Waals surface area contributed by atoms with Crippen molar-refractivity contribution in [3.63, 3.8) is 0 Å². The highest BCUT2D eigenvalue weighted by Crippen LogP contribution is 2.34. The van der Waals surface area contributed by atoms with Gasteiger partial charge in [0.15, 0.2) is 0 Å². The van der Waals surface area contributed by atoms with Gasteiger partial charge in [-0.3, -0.25) is 9.13 Å². The summed E-state index contributed by atoms with van der Waals surface area (Å²) in [6.07, 6.45) is 6.58. The van der Waals surface area contributed by atoms with Gasteiger partial charge in [0, 0.05) is 16.2 Å². The van der Waals surface area contributed by atoms with Crippen LogP contribution in [0.5, 0.6) is 0 Å². The topological polar surface area (TPSA) is 22.8 Å². The quantitative estimate of drug-likeness (QED) is 0.313. The van der Waals surface area contributed by atoms with Crippen molar-refractivity contribution in [1.82, 2.24) is 14.1 Å². The first-order valence-electron chi connectivity index (χ1n) is 11.0. The number of hydrogen-bond acceptors (Lipinski definition) is 1. The van der Waals surface area contributed by atoms with Gasteiger partial charge in [-0.25, -0.2) is 4.98 Å². The van der Waals surface area contributed by atoms with E-state index in [0.29, 0.717) is 0 Å². The first-order chi connectivity index (χ1) is 15.9. The molecular weight excluding hydrogens is 390 g/mol. The smallest absolute Gasteiger partial charge is 0.140 e. The standard InChI is InChI=1S/C29H19N3/c1-5-14-24-20(10-1)21-11-2-6-15-25(21)31(24)28-18-9-19-29(30-28)32-26-16-7-3-12-22(26)23-13-4-8-17-27(23)32/h1-3,5-6,8-12,14-15,17-19H,4,13H2. The van der Waals surface area contributed by atoms with E-state index < -0.39 is 0 Å². The highest BCUT2D eigenvalue weighted by atomic mass is 15.1. The van der Waals surface area contributed by atoms with E-state index in [0.717, 1.165) is 41.0 Å². The predicted octanol–water partition coefficient (Wildman–Crippen LogP) is 6.68. The Morgan fingerprint density at radius 3 is 2.22 bits per heavy atom. The zero-order valence-electron chi connectivity index (χ0n) is 17.4. The summed E-state index contributed by atoms with van der Waals surface area (Å²) in [4.78, 5) is 5.17. The number of allylic oxidation sites excluding steroid dienone is 1. The molecule has 0 N–H and O–H groups in total. The van der Waals surface area contributed by atoms with Crippen LogP contribution in [0.3, 0.4) is 0 Å². The van der Waals surface area contributed by atoms with Gasteiger partial charge in [-0.15, -0.1) is 0 Å². The third-order valence-corrected chi connectivity index (χ3v) is 6.47. The Kier molecular flexibility index (Phi) is 3.59. The van der Waals surface area contributed by atoms with E-state index in [1.807, 2.05) is 6.07 Å². The lowest BCUT2D eigenvalue weighted by Gasteiger charge is -2.13. The van der Waals surface area contributed by atoms with Crippen molar-refractivity contribution in [3.8, 4) is 11.6 Å². The Hall–Kier alpha value is -4.29. The van der Waals surface area contributed by atoms with Gasteiger partial charge in [0.05, 0.1) is 16.7 Å². The van der Waals surface area contributed by atoms with E-state index in [4.69, 9.17) is 4.98 Å². The summed E-state index contributed by atoms with van der Waals surface area (Å²) in [7, 11) is 0. The lowest BCUT2D eigenvalue weighted by Crippen LogP contribution is -2.05. The second-order valence-corrected chi connectivity index (χ2v) is 8.23. The highest BCUT2D eigenvalue weighted by Gasteiger charge is 2.20. The van der Waals surface area contributed by atoms with Crippen LogP contribution in [0.25, 0.3) is 50.4 Å². The first kappa shape index (κ1) is 17.4. The van der Waals surface area contributed by atoms with Gasteiger partial charge in [0.2, 0.25) is 0 Å². The van der Waals surface area contributed by atoms with Crippen molar-refractivity contribution in [2.45, 2.75) is 12.8 Å². The minimum atomic E-state index is 0.901. The van der Waals surface area contributed by atoms with Gasteiger partial charge in [-0.05, 0) is 66.9 Å². The van der Waals surface area contributed by atoms with Crippen molar-refractivity contribution in [2.75, 3.05) is 0 Å². The fraction of sp³-hybridized carbons (Fsp3) is 0.0690. The molecule has 32 heavy (non-hydrogen) atoms. The largest absolute Gasteiger partial charge is 0.294 e. The van der Waals surface area contributed by atoms with E-state index in [9.17, 15) is 0 Å². The van der Waals surface area contributed by atoms with E-state index >= 15 is 0 Å². The Balaban J connectivity index is 1.53. The average Bonchev–Trinajstić information content (AvgIpc) is 3.37. The zero-order chi connectivity index (χ0) is 21.1. The third kappa shape index (κ3) is 2.35. The molecule has 0 amide bonds. The molecule has 3 nitrogen and oxygen atoms in total. The van der Waals surface area contributed by atoms with Crippen LogP contribution in [0.4, 0.5) is 0 Å². The van der Waals surface area contributed by atoms with Crippen LogP contribution in [0.1, 0.15) is 17.7 Å². The van der Waals surface area contributed by atoms with E-state index in [1.165, 1.54) is 27.4 Å².